The maximum Gasteiger partial charge on any atom is 0.248 e. The molecule has 2 heterocycles. The monoisotopic (exact) mass is 481 g/mol. The van der Waals surface area contributed by atoms with E-state index in [1.807, 2.05) is 37.2 Å². The number of fused-ring (bicyclic) bond motifs is 2. The highest BCUT2D eigenvalue weighted by molar-refractivity contribution is 6.31. The smallest absolute Gasteiger partial charge is 0.248 e. The molecule has 5 rings (SSSR count). The lowest BCUT2D eigenvalue weighted by atomic mass is 10.0. The largest absolute Gasteiger partial charge is 0.381 e. The molecule has 2 fully saturated rings. The van der Waals surface area contributed by atoms with Gasteiger partial charge in [-0.2, -0.15) is 0 Å². The number of hydrogen-bond donors (Lipinski definition) is 2. The van der Waals surface area contributed by atoms with Gasteiger partial charge in [0.05, 0.1) is 23.8 Å². The molecule has 9 heteroatoms. The van der Waals surface area contributed by atoms with Crippen molar-refractivity contribution in [2.75, 3.05) is 44.5 Å². The van der Waals surface area contributed by atoms with E-state index in [1.165, 1.54) is 18.5 Å². The van der Waals surface area contributed by atoms with Crippen LogP contribution >= 0.6 is 11.6 Å². The molecule has 2 N–H and O–H groups in total. The van der Waals surface area contributed by atoms with E-state index in [0.29, 0.717) is 35.8 Å². The van der Waals surface area contributed by atoms with Gasteiger partial charge < -0.3 is 20.3 Å². The Morgan fingerprint density at radius 3 is 2.76 bits per heavy atom. The molecule has 1 saturated heterocycles. The Morgan fingerprint density at radius 2 is 2.03 bits per heavy atom. The molecule has 176 valence electrons. The Bertz CT molecular complexity index is 1270. The van der Waals surface area contributed by atoms with Crippen LogP contribution in [0.2, 0.25) is 5.02 Å². The zero-order valence-electron chi connectivity index (χ0n) is 18.9. The quantitative estimate of drug-likeness (QED) is 0.481. The highest BCUT2D eigenvalue weighted by Gasteiger charge is 2.55. The van der Waals surface area contributed by atoms with E-state index >= 15 is 0 Å². The second kappa shape index (κ2) is 9.29. The number of amides is 1. The van der Waals surface area contributed by atoms with E-state index in [0.717, 1.165) is 35.4 Å². The molecular formula is C25H25ClFN5O2. The number of rotatable bonds is 7. The Balaban J connectivity index is 1.50. The molecule has 2 aromatic carbocycles. The molecule has 1 amide bonds. The SMILES string of the molecule is CN(C)C/C=C/C(=O)Nc1cc2c(Nc3ccc(F)c(Cl)c3)ncnc2cc1[C@H]1[C@@H]2COC[C@@H]21. The standard InChI is InChI=1S/C25H25ClFN5O2/c1-32(2)7-3-4-23(33)31-22-10-16-21(9-15(22)24-17-11-34-12-18(17)24)28-13-29-25(16)30-14-5-6-20(27)19(26)8-14/h3-6,8-10,13,17-18,24H,7,11-12H2,1-2H3,(H,31,33)(H,28,29,30)/b4-3+/t17-,18+,24+. The molecular weight excluding hydrogens is 457 g/mol. The van der Waals surface area contributed by atoms with Gasteiger partial charge in [-0.25, -0.2) is 14.4 Å². The zero-order chi connectivity index (χ0) is 23.8. The first-order valence-corrected chi connectivity index (χ1v) is 11.5. The van der Waals surface area contributed by atoms with Gasteiger partial charge in [-0.15, -0.1) is 0 Å². The van der Waals surface area contributed by atoms with Gasteiger partial charge in [0.15, 0.2) is 0 Å². The van der Waals surface area contributed by atoms with Crippen LogP contribution in [-0.4, -0.2) is 54.6 Å². The predicted molar refractivity (Wildman–Crippen MR) is 131 cm³/mol. The fourth-order valence-corrected chi connectivity index (χ4v) is 4.74. The van der Waals surface area contributed by atoms with Crippen molar-refractivity contribution in [3.63, 3.8) is 0 Å². The van der Waals surface area contributed by atoms with Crippen molar-refractivity contribution in [2.45, 2.75) is 5.92 Å². The summed E-state index contributed by atoms with van der Waals surface area (Å²) in [5.41, 5.74) is 3.16. The summed E-state index contributed by atoms with van der Waals surface area (Å²) in [5, 5.41) is 7.00. The second-order valence-electron chi connectivity index (χ2n) is 8.98. The molecule has 0 unspecified atom stereocenters. The van der Waals surface area contributed by atoms with Gasteiger partial charge in [0.2, 0.25) is 5.91 Å². The van der Waals surface area contributed by atoms with Crippen molar-refractivity contribution in [1.29, 1.82) is 0 Å². The number of nitrogens with zero attached hydrogens (tertiary/aromatic N) is 3. The van der Waals surface area contributed by atoms with Crippen LogP contribution in [0, 0.1) is 17.7 Å². The summed E-state index contributed by atoms with van der Waals surface area (Å²) in [5.74, 6) is 1.13. The Hall–Kier alpha value is -3.07. The number of carbonyl (C=O) groups is 1. The summed E-state index contributed by atoms with van der Waals surface area (Å²) < 4.78 is 19.1. The third-order valence-electron chi connectivity index (χ3n) is 6.30. The molecule has 1 aliphatic heterocycles. The summed E-state index contributed by atoms with van der Waals surface area (Å²) in [6.07, 6.45) is 4.86. The predicted octanol–water partition coefficient (Wildman–Crippen LogP) is 4.58. The van der Waals surface area contributed by atoms with Crippen molar-refractivity contribution in [3.8, 4) is 0 Å². The number of anilines is 3. The van der Waals surface area contributed by atoms with Crippen LogP contribution in [0.4, 0.5) is 21.6 Å². The van der Waals surface area contributed by atoms with Crippen LogP contribution in [0.25, 0.3) is 10.9 Å². The van der Waals surface area contributed by atoms with E-state index in [9.17, 15) is 9.18 Å². The molecule has 1 aromatic heterocycles. The minimum atomic E-state index is -0.490. The van der Waals surface area contributed by atoms with Crippen molar-refractivity contribution < 1.29 is 13.9 Å². The highest BCUT2D eigenvalue weighted by Crippen LogP contribution is 2.59. The number of carbonyl (C=O) groups excluding carboxylic acids is 1. The molecule has 0 bridgehead atoms. The zero-order valence-corrected chi connectivity index (χ0v) is 19.6. The number of benzene rings is 2. The van der Waals surface area contributed by atoms with E-state index in [2.05, 4.69) is 20.6 Å². The first-order valence-electron chi connectivity index (χ1n) is 11.1. The van der Waals surface area contributed by atoms with Crippen LogP contribution in [0.3, 0.4) is 0 Å². The number of likely N-dealkylation sites (N-methyl/N-ethyl adjacent to an activating group) is 1. The van der Waals surface area contributed by atoms with Gasteiger partial charge in [0.25, 0.3) is 0 Å². The Labute approximate surface area is 202 Å². The van der Waals surface area contributed by atoms with Crippen molar-refractivity contribution in [3.05, 3.63) is 65.2 Å². The maximum absolute atomic E-state index is 13.6. The van der Waals surface area contributed by atoms with Gasteiger partial charge in [-0.3, -0.25) is 4.79 Å². The molecule has 0 spiro atoms. The minimum Gasteiger partial charge on any atom is -0.381 e. The van der Waals surface area contributed by atoms with E-state index < -0.39 is 5.82 Å². The topological polar surface area (TPSA) is 79.4 Å². The van der Waals surface area contributed by atoms with Gasteiger partial charge in [-0.1, -0.05) is 17.7 Å². The summed E-state index contributed by atoms with van der Waals surface area (Å²) in [6, 6.07) is 8.33. The Morgan fingerprint density at radius 1 is 1.24 bits per heavy atom. The number of ether oxygens (including phenoxy) is 1. The van der Waals surface area contributed by atoms with E-state index in [-0.39, 0.29) is 10.9 Å². The maximum atomic E-state index is 13.6. The van der Waals surface area contributed by atoms with E-state index in [1.54, 1.807) is 12.1 Å². The number of halogens is 2. The molecule has 34 heavy (non-hydrogen) atoms. The van der Waals surface area contributed by atoms with Gasteiger partial charge >= 0.3 is 0 Å². The van der Waals surface area contributed by atoms with E-state index in [4.69, 9.17) is 16.3 Å². The van der Waals surface area contributed by atoms with Gasteiger partial charge in [0.1, 0.15) is 18.0 Å². The summed E-state index contributed by atoms with van der Waals surface area (Å²) in [7, 11) is 3.89. The lowest BCUT2D eigenvalue weighted by Crippen LogP contribution is -2.14. The van der Waals surface area contributed by atoms with Crippen LogP contribution in [0.15, 0.2) is 48.8 Å². The third kappa shape index (κ3) is 4.61. The van der Waals surface area contributed by atoms with Gasteiger partial charge in [-0.05, 0) is 67.7 Å². The molecule has 3 aromatic rings. The normalized spacial score (nSPS) is 21.3. The first-order chi connectivity index (χ1) is 16.4. The average Bonchev–Trinajstić information content (AvgIpc) is 3.25. The lowest BCUT2D eigenvalue weighted by molar-refractivity contribution is -0.111. The van der Waals surface area contributed by atoms with Crippen molar-refractivity contribution >= 4 is 45.6 Å². The molecule has 3 atom stereocenters. The highest BCUT2D eigenvalue weighted by atomic mass is 35.5. The van der Waals surface area contributed by atoms with Crippen LogP contribution in [0.5, 0.6) is 0 Å². The number of nitrogens with one attached hydrogen (secondary N) is 2. The minimum absolute atomic E-state index is 0.0191. The lowest BCUT2D eigenvalue weighted by Gasteiger charge is -2.15. The molecule has 1 saturated carbocycles. The third-order valence-corrected chi connectivity index (χ3v) is 6.59. The molecule has 2 aliphatic rings. The molecule has 0 radical (unpaired) electrons. The molecule has 1 aliphatic carbocycles. The summed E-state index contributed by atoms with van der Waals surface area (Å²) in [4.78, 5) is 23.5. The van der Waals surface area contributed by atoms with Crippen molar-refractivity contribution in [1.82, 2.24) is 14.9 Å². The number of hydrogen-bond acceptors (Lipinski definition) is 6. The average molecular weight is 482 g/mol. The first kappa shape index (κ1) is 22.7. The van der Waals surface area contributed by atoms with Crippen LogP contribution in [0.1, 0.15) is 11.5 Å². The molecule has 7 nitrogen and oxygen atoms in total. The fourth-order valence-electron chi connectivity index (χ4n) is 4.56. The second-order valence-corrected chi connectivity index (χ2v) is 9.38. The van der Waals surface area contributed by atoms with Crippen molar-refractivity contribution in [2.24, 2.45) is 11.8 Å². The Kier molecular flexibility index (Phi) is 6.20. The summed E-state index contributed by atoms with van der Waals surface area (Å²) >= 11 is 5.94. The fraction of sp³-hybridized carbons (Fsp3) is 0.320. The summed E-state index contributed by atoms with van der Waals surface area (Å²) in [6.45, 7) is 2.15. The number of aromatic nitrogens is 2. The van der Waals surface area contributed by atoms with Crippen LogP contribution in [-0.2, 0) is 9.53 Å². The van der Waals surface area contributed by atoms with Crippen LogP contribution < -0.4 is 10.6 Å². The van der Waals surface area contributed by atoms with Gasteiger partial charge in [0, 0.05) is 29.4 Å².